The first kappa shape index (κ1) is 27.7. The number of nitrogens with one attached hydrogen (secondary N) is 4. The molecule has 1 aliphatic heterocycles. The molecule has 32 heavy (non-hydrogen) atoms. The van der Waals surface area contributed by atoms with Crippen LogP contribution in [0.25, 0.3) is 0 Å². The Bertz CT molecular complexity index is 673. The molecule has 1 saturated heterocycles. The first-order valence-electron chi connectivity index (χ1n) is 10.7. The molecule has 1 fully saturated rings. The summed E-state index contributed by atoms with van der Waals surface area (Å²) in [6.45, 7) is 1.11. The van der Waals surface area contributed by atoms with Gasteiger partial charge in [-0.25, -0.2) is 4.79 Å². The number of primary amides is 1. The van der Waals surface area contributed by atoms with Gasteiger partial charge in [0.25, 0.3) is 0 Å². The maximum Gasteiger partial charge on any atom is 0.326 e. The van der Waals surface area contributed by atoms with Crippen LogP contribution in [0, 0.1) is 0 Å². The molecule has 4 amide bonds. The lowest BCUT2D eigenvalue weighted by Crippen LogP contribution is -2.57. The van der Waals surface area contributed by atoms with Crippen molar-refractivity contribution >= 4 is 42.2 Å². The first-order valence-corrected chi connectivity index (χ1v) is 11.3. The number of thiol groups is 1. The molecule has 1 rings (SSSR count). The average Bonchev–Trinajstić information content (AvgIpc) is 3.28. The molecule has 4 unspecified atom stereocenters. The van der Waals surface area contributed by atoms with Gasteiger partial charge in [0.15, 0.2) is 0 Å². The number of amides is 4. The lowest BCUT2D eigenvalue weighted by molar-refractivity contribution is -0.142. The fourth-order valence-electron chi connectivity index (χ4n) is 3.22. The molecule has 1 heterocycles. The number of aliphatic carboxylic acids is 1. The number of carbonyl (C=O) groups excluding carboxylic acids is 4. The first-order chi connectivity index (χ1) is 15.2. The second-order valence-electron chi connectivity index (χ2n) is 7.64. The molecule has 9 N–H and O–H groups in total. The van der Waals surface area contributed by atoms with Gasteiger partial charge in [-0.3, -0.25) is 19.2 Å². The van der Waals surface area contributed by atoms with Gasteiger partial charge in [-0.1, -0.05) is 0 Å². The molecular weight excluding hydrogens is 440 g/mol. The molecule has 0 radical (unpaired) electrons. The Kier molecular flexibility index (Phi) is 12.7. The van der Waals surface area contributed by atoms with Crippen molar-refractivity contribution in [2.75, 3.05) is 18.8 Å². The van der Waals surface area contributed by atoms with Crippen LogP contribution in [0.2, 0.25) is 0 Å². The molecule has 182 valence electrons. The molecule has 0 saturated carbocycles. The van der Waals surface area contributed by atoms with Crippen LogP contribution in [0.15, 0.2) is 0 Å². The number of hydrogen-bond acceptors (Lipinski definition) is 8. The molecule has 0 spiro atoms. The van der Waals surface area contributed by atoms with E-state index < -0.39 is 41.8 Å². The van der Waals surface area contributed by atoms with Gasteiger partial charge < -0.3 is 37.8 Å². The van der Waals surface area contributed by atoms with Crippen molar-refractivity contribution in [2.45, 2.75) is 69.1 Å². The number of carboxylic acid groups (broad SMARTS) is 1. The Morgan fingerprint density at radius 1 is 1.00 bits per heavy atom. The predicted octanol–water partition coefficient (Wildman–Crippen LogP) is -2.40. The zero-order valence-electron chi connectivity index (χ0n) is 18.0. The maximum absolute atomic E-state index is 12.7. The standard InChI is InChI=1S/C19H34N6O6S/c20-8-2-1-4-12(17(28)24-13(19(30)31)6-7-15(21)26)23-18(29)14(10-32)25-16(27)11-5-3-9-22-11/h11-14,22,32H,1-10,20H2,(H2,21,26)(H,23,29)(H,24,28)(H,25,27)(H,30,31). The average molecular weight is 475 g/mol. The minimum Gasteiger partial charge on any atom is -0.480 e. The second kappa shape index (κ2) is 14.6. The summed E-state index contributed by atoms with van der Waals surface area (Å²) in [5.74, 6) is -3.65. The van der Waals surface area contributed by atoms with Crippen molar-refractivity contribution in [3.63, 3.8) is 0 Å². The number of nitrogens with two attached hydrogens (primary N) is 2. The fourth-order valence-corrected chi connectivity index (χ4v) is 3.48. The molecule has 0 bridgehead atoms. The number of rotatable bonds is 15. The predicted molar refractivity (Wildman–Crippen MR) is 120 cm³/mol. The third-order valence-electron chi connectivity index (χ3n) is 5.07. The van der Waals surface area contributed by atoms with Crippen molar-refractivity contribution < 1.29 is 29.1 Å². The number of hydrogen-bond donors (Lipinski definition) is 8. The molecule has 0 aromatic carbocycles. The maximum atomic E-state index is 12.7. The summed E-state index contributed by atoms with van der Waals surface area (Å²) in [4.78, 5) is 60.1. The van der Waals surface area contributed by atoms with E-state index in [4.69, 9.17) is 11.5 Å². The molecule has 0 aliphatic carbocycles. The zero-order valence-corrected chi connectivity index (χ0v) is 18.9. The van der Waals surface area contributed by atoms with Gasteiger partial charge in [0, 0.05) is 12.2 Å². The smallest absolute Gasteiger partial charge is 0.326 e. The Morgan fingerprint density at radius 3 is 2.19 bits per heavy atom. The topological polar surface area (TPSA) is 206 Å². The molecular formula is C19H34N6O6S. The van der Waals surface area contributed by atoms with Crippen LogP contribution in [0.1, 0.15) is 44.9 Å². The number of carbonyl (C=O) groups is 5. The van der Waals surface area contributed by atoms with Crippen molar-refractivity contribution in [3.05, 3.63) is 0 Å². The van der Waals surface area contributed by atoms with Crippen LogP contribution < -0.4 is 32.7 Å². The Hall–Kier alpha value is -2.38. The van der Waals surface area contributed by atoms with Crippen molar-refractivity contribution in [3.8, 4) is 0 Å². The highest BCUT2D eigenvalue weighted by atomic mass is 32.1. The van der Waals surface area contributed by atoms with Gasteiger partial charge in [0.1, 0.15) is 18.1 Å². The van der Waals surface area contributed by atoms with E-state index in [9.17, 15) is 29.1 Å². The van der Waals surface area contributed by atoms with E-state index in [1.807, 2.05) is 0 Å². The van der Waals surface area contributed by atoms with Gasteiger partial charge >= 0.3 is 5.97 Å². The third-order valence-corrected chi connectivity index (χ3v) is 5.43. The van der Waals surface area contributed by atoms with Crippen molar-refractivity contribution in [1.82, 2.24) is 21.3 Å². The van der Waals surface area contributed by atoms with Crippen LogP contribution in [-0.4, -0.2) is 77.7 Å². The van der Waals surface area contributed by atoms with E-state index >= 15 is 0 Å². The minimum absolute atomic E-state index is 0.0117. The van der Waals surface area contributed by atoms with E-state index in [-0.39, 0.29) is 37.0 Å². The molecule has 0 aromatic rings. The molecule has 4 atom stereocenters. The summed E-state index contributed by atoms with van der Waals surface area (Å²) in [5.41, 5.74) is 10.5. The van der Waals surface area contributed by atoms with Crippen LogP contribution in [-0.2, 0) is 24.0 Å². The van der Waals surface area contributed by atoms with Gasteiger partial charge in [0.05, 0.1) is 6.04 Å². The van der Waals surface area contributed by atoms with E-state index in [0.29, 0.717) is 25.8 Å². The summed E-state index contributed by atoms with van der Waals surface area (Å²) < 4.78 is 0. The quantitative estimate of drug-likeness (QED) is 0.0946. The Morgan fingerprint density at radius 2 is 1.66 bits per heavy atom. The van der Waals surface area contributed by atoms with Crippen LogP contribution in [0.3, 0.4) is 0 Å². The second-order valence-corrected chi connectivity index (χ2v) is 8.01. The summed E-state index contributed by atoms with van der Waals surface area (Å²) in [6.07, 6.45) is 2.46. The largest absolute Gasteiger partial charge is 0.480 e. The molecule has 12 nitrogen and oxygen atoms in total. The lowest BCUT2D eigenvalue weighted by Gasteiger charge is -2.24. The molecule has 1 aliphatic rings. The summed E-state index contributed by atoms with van der Waals surface area (Å²) >= 11 is 4.13. The molecule has 0 aromatic heterocycles. The zero-order chi connectivity index (χ0) is 24.1. The summed E-state index contributed by atoms with van der Waals surface area (Å²) in [7, 11) is 0. The van der Waals surface area contributed by atoms with Gasteiger partial charge in [-0.2, -0.15) is 12.6 Å². The van der Waals surface area contributed by atoms with Gasteiger partial charge in [-0.15, -0.1) is 0 Å². The van der Waals surface area contributed by atoms with Gasteiger partial charge in [0.2, 0.25) is 23.6 Å². The summed E-state index contributed by atoms with van der Waals surface area (Å²) in [5, 5.41) is 19.9. The minimum atomic E-state index is -1.34. The lowest BCUT2D eigenvalue weighted by atomic mass is 10.1. The highest BCUT2D eigenvalue weighted by Crippen LogP contribution is 2.07. The van der Waals surface area contributed by atoms with Gasteiger partial charge in [-0.05, 0) is 51.6 Å². The SMILES string of the molecule is NCCCCC(NC(=O)C(CS)NC(=O)C1CCCN1)C(=O)NC(CCC(N)=O)C(=O)O. The third kappa shape index (κ3) is 9.83. The normalized spacial score (nSPS) is 18.2. The number of unbranched alkanes of at least 4 members (excludes halogenated alkanes) is 1. The highest BCUT2D eigenvalue weighted by Gasteiger charge is 2.30. The number of carboxylic acids is 1. The van der Waals surface area contributed by atoms with Crippen LogP contribution in [0.5, 0.6) is 0 Å². The van der Waals surface area contributed by atoms with Crippen molar-refractivity contribution in [1.29, 1.82) is 0 Å². The fraction of sp³-hybridized carbons (Fsp3) is 0.737. The van der Waals surface area contributed by atoms with E-state index in [1.165, 1.54) is 0 Å². The Balaban J connectivity index is 2.80. The van der Waals surface area contributed by atoms with E-state index in [0.717, 1.165) is 13.0 Å². The van der Waals surface area contributed by atoms with Crippen molar-refractivity contribution in [2.24, 2.45) is 11.5 Å². The van der Waals surface area contributed by atoms with E-state index in [1.54, 1.807) is 0 Å². The summed E-state index contributed by atoms with van der Waals surface area (Å²) in [6, 6.07) is -3.73. The highest BCUT2D eigenvalue weighted by molar-refractivity contribution is 7.80. The van der Waals surface area contributed by atoms with E-state index in [2.05, 4.69) is 33.9 Å². The Labute approximate surface area is 192 Å². The van der Waals surface area contributed by atoms with Crippen LogP contribution >= 0.6 is 12.6 Å². The van der Waals surface area contributed by atoms with Crippen LogP contribution in [0.4, 0.5) is 0 Å². The monoisotopic (exact) mass is 474 g/mol. The molecule has 13 heteroatoms.